The Labute approximate surface area is 161 Å². The molecule has 0 unspecified atom stereocenters. The molecule has 1 amide bonds. The molecule has 6 heteroatoms. The monoisotopic (exact) mass is 371 g/mol. The lowest BCUT2D eigenvalue weighted by Crippen LogP contribution is -2.38. The van der Waals surface area contributed by atoms with Crippen LogP contribution in [-0.2, 0) is 9.53 Å². The second kappa shape index (κ2) is 9.58. The lowest BCUT2D eigenvalue weighted by atomic mass is 10.0. The highest BCUT2D eigenvalue weighted by molar-refractivity contribution is 5.95. The van der Waals surface area contributed by atoms with E-state index in [0.717, 1.165) is 32.8 Å². The first kappa shape index (κ1) is 19.5. The summed E-state index contributed by atoms with van der Waals surface area (Å²) in [4.78, 5) is 15.2. The Hall–Kier alpha value is -2.31. The predicted octanol–water partition coefficient (Wildman–Crippen LogP) is 3.03. The van der Waals surface area contributed by atoms with E-state index in [0.29, 0.717) is 18.0 Å². The van der Waals surface area contributed by atoms with Crippen molar-refractivity contribution in [1.29, 1.82) is 0 Å². The fraction of sp³-hybridized carbons (Fsp3) is 0.476. The number of morpholine rings is 1. The van der Waals surface area contributed by atoms with Gasteiger partial charge in [-0.2, -0.15) is 0 Å². The standard InChI is InChI=1S/C21H29N3O3/c1-17(2)20(24-9-5-6-10-24)21(25)22-18-7-3-4-8-19(18)27-16-13-23-11-14-26-15-12-23/h3-10,17,20H,11-16H2,1-2H3,(H,22,25)/t20-/m1/s1. The summed E-state index contributed by atoms with van der Waals surface area (Å²) >= 11 is 0. The molecule has 2 heterocycles. The molecule has 0 aliphatic carbocycles. The fourth-order valence-corrected chi connectivity index (χ4v) is 3.33. The van der Waals surface area contributed by atoms with Crippen molar-refractivity contribution in [2.45, 2.75) is 19.9 Å². The highest BCUT2D eigenvalue weighted by Gasteiger charge is 2.24. The van der Waals surface area contributed by atoms with Crippen LogP contribution in [0.2, 0.25) is 0 Å². The van der Waals surface area contributed by atoms with Gasteiger partial charge in [-0.3, -0.25) is 9.69 Å². The number of carbonyl (C=O) groups excluding carboxylic acids is 1. The average molecular weight is 371 g/mol. The van der Waals surface area contributed by atoms with Gasteiger partial charge in [-0.05, 0) is 30.2 Å². The number of nitrogens with zero attached hydrogens (tertiary/aromatic N) is 2. The molecule has 146 valence electrons. The maximum atomic E-state index is 12.9. The van der Waals surface area contributed by atoms with Gasteiger partial charge in [0.1, 0.15) is 18.4 Å². The zero-order valence-electron chi connectivity index (χ0n) is 16.1. The molecular formula is C21H29N3O3. The van der Waals surface area contributed by atoms with Crippen LogP contribution in [0.25, 0.3) is 0 Å². The first-order valence-corrected chi connectivity index (χ1v) is 9.60. The van der Waals surface area contributed by atoms with E-state index in [9.17, 15) is 4.79 Å². The van der Waals surface area contributed by atoms with E-state index in [1.165, 1.54) is 0 Å². The van der Waals surface area contributed by atoms with Crippen molar-refractivity contribution in [3.05, 3.63) is 48.8 Å². The molecule has 0 saturated carbocycles. The first-order chi connectivity index (χ1) is 13.1. The van der Waals surface area contributed by atoms with Gasteiger partial charge in [0.2, 0.25) is 5.91 Å². The summed E-state index contributed by atoms with van der Waals surface area (Å²) in [6, 6.07) is 11.2. The quantitative estimate of drug-likeness (QED) is 0.775. The number of para-hydroxylation sites is 2. The van der Waals surface area contributed by atoms with Gasteiger partial charge in [0, 0.05) is 32.0 Å². The van der Waals surface area contributed by atoms with E-state index in [-0.39, 0.29) is 17.9 Å². The third kappa shape index (κ3) is 5.34. The van der Waals surface area contributed by atoms with Crippen LogP contribution in [0.15, 0.2) is 48.8 Å². The maximum absolute atomic E-state index is 12.9. The number of aromatic nitrogens is 1. The van der Waals surface area contributed by atoms with E-state index in [4.69, 9.17) is 9.47 Å². The molecule has 0 radical (unpaired) electrons. The van der Waals surface area contributed by atoms with E-state index in [1.54, 1.807) is 0 Å². The van der Waals surface area contributed by atoms with Crippen LogP contribution in [0.4, 0.5) is 5.69 Å². The molecule has 1 aliphatic rings. The van der Waals surface area contributed by atoms with Crippen LogP contribution in [0, 0.1) is 5.92 Å². The minimum absolute atomic E-state index is 0.0366. The van der Waals surface area contributed by atoms with Crippen molar-refractivity contribution < 1.29 is 14.3 Å². The minimum atomic E-state index is -0.263. The second-order valence-corrected chi connectivity index (χ2v) is 7.11. The molecule has 1 saturated heterocycles. The van der Waals surface area contributed by atoms with Crippen LogP contribution in [0.1, 0.15) is 19.9 Å². The smallest absolute Gasteiger partial charge is 0.247 e. The minimum Gasteiger partial charge on any atom is -0.490 e. The van der Waals surface area contributed by atoms with Crippen LogP contribution in [-0.4, -0.2) is 54.8 Å². The zero-order valence-corrected chi connectivity index (χ0v) is 16.1. The molecule has 1 N–H and O–H groups in total. The molecule has 3 rings (SSSR count). The van der Waals surface area contributed by atoms with E-state index < -0.39 is 0 Å². The highest BCUT2D eigenvalue weighted by Crippen LogP contribution is 2.27. The molecule has 6 nitrogen and oxygen atoms in total. The highest BCUT2D eigenvalue weighted by atomic mass is 16.5. The predicted molar refractivity (Wildman–Crippen MR) is 106 cm³/mol. The number of benzene rings is 1. The maximum Gasteiger partial charge on any atom is 0.247 e. The molecule has 27 heavy (non-hydrogen) atoms. The molecule has 1 aliphatic heterocycles. The number of hydrogen-bond donors (Lipinski definition) is 1. The summed E-state index contributed by atoms with van der Waals surface area (Å²) in [7, 11) is 0. The second-order valence-electron chi connectivity index (χ2n) is 7.11. The van der Waals surface area contributed by atoms with Gasteiger partial charge in [-0.25, -0.2) is 0 Å². The summed E-state index contributed by atoms with van der Waals surface area (Å²) in [5, 5.41) is 3.05. The average Bonchev–Trinajstić information content (AvgIpc) is 3.18. The molecule has 1 fully saturated rings. The van der Waals surface area contributed by atoms with Crippen molar-refractivity contribution in [3.63, 3.8) is 0 Å². The molecule has 1 aromatic carbocycles. The first-order valence-electron chi connectivity index (χ1n) is 9.60. The van der Waals surface area contributed by atoms with E-state index >= 15 is 0 Å². The lowest BCUT2D eigenvalue weighted by molar-refractivity contribution is -0.120. The summed E-state index contributed by atoms with van der Waals surface area (Å²) in [6.07, 6.45) is 3.85. The van der Waals surface area contributed by atoms with Crippen LogP contribution in [0.3, 0.4) is 0 Å². The number of amides is 1. The van der Waals surface area contributed by atoms with Crippen molar-refractivity contribution in [3.8, 4) is 5.75 Å². The number of rotatable bonds is 8. The third-order valence-electron chi connectivity index (χ3n) is 4.76. The Bertz CT molecular complexity index is 709. The zero-order chi connectivity index (χ0) is 19.1. The summed E-state index contributed by atoms with van der Waals surface area (Å²) in [6.45, 7) is 8.97. The number of carbonyl (C=O) groups is 1. The van der Waals surface area contributed by atoms with Crippen LogP contribution < -0.4 is 10.1 Å². The third-order valence-corrected chi connectivity index (χ3v) is 4.76. The Kier molecular flexibility index (Phi) is 6.90. The van der Waals surface area contributed by atoms with Crippen molar-refractivity contribution in [2.75, 3.05) is 44.8 Å². The summed E-state index contributed by atoms with van der Waals surface area (Å²) < 4.78 is 13.3. The van der Waals surface area contributed by atoms with Gasteiger partial charge in [-0.1, -0.05) is 26.0 Å². The SMILES string of the molecule is CC(C)[C@H](C(=O)Nc1ccccc1OCCN1CCOCC1)n1cccc1. The van der Waals surface area contributed by atoms with E-state index in [1.807, 2.05) is 53.4 Å². The van der Waals surface area contributed by atoms with Crippen LogP contribution in [0.5, 0.6) is 5.75 Å². The van der Waals surface area contributed by atoms with Gasteiger partial charge in [0.05, 0.1) is 18.9 Å². The lowest BCUT2D eigenvalue weighted by Gasteiger charge is -2.26. The van der Waals surface area contributed by atoms with Gasteiger partial charge >= 0.3 is 0 Å². The number of hydrogen-bond acceptors (Lipinski definition) is 4. The van der Waals surface area contributed by atoms with Crippen molar-refractivity contribution >= 4 is 11.6 Å². The summed E-state index contributed by atoms with van der Waals surface area (Å²) in [5.74, 6) is 0.839. The molecular weight excluding hydrogens is 342 g/mol. The number of nitrogens with one attached hydrogen (secondary N) is 1. The van der Waals surface area contributed by atoms with E-state index in [2.05, 4.69) is 24.1 Å². The number of anilines is 1. The molecule has 2 aromatic rings. The Morgan fingerprint density at radius 2 is 1.85 bits per heavy atom. The molecule has 1 atom stereocenters. The number of ether oxygens (including phenoxy) is 2. The molecule has 0 spiro atoms. The largest absolute Gasteiger partial charge is 0.490 e. The normalized spacial score (nSPS) is 16.3. The summed E-state index contributed by atoms with van der Waals surface area (Å²) in [5.41, 5.74) is 0.710. The molecule has 1 aromatic heterocycles. The Morgan fingerprint density at radius 3 is 2.56 bits per heavy atom. The van der Waals surface area contributed by atoms with Gasteiger partial charge in [-0.15, -0.1) is 0 Å². The molecule has 0 bridgehead atoms. The van der Waals surface area contributed by atoms with Gasteiger partial charge < -0.3 is 19.4 Å². The Balaban J connectivity index is 1.61. The van der Waals surface area contributed by atoms with Crippen molar-refractivity contribution in [1.82, 2.24) is 9.47 Å². The Morgan fingerprint density at radius 1 is 1.15 bits per heavy atom. The van der Waals surface area contributed by atoms with Crippen LogP contribution >= 0.6 is 0 Å². The van der Waals surface area contributed by atoms with Gasteiger partial charge in [0.15, 0.2) is 0 Å². The fourth-order valence-electron chi connectivity index (χ4n) is 3.33. The van der Waals surface area contributed by atoms with Gasteiger partial charge in [0.25, 0.3) is 0 Å². The van der Waals surface area contributed by atoms with Crippen molar-refractivity contribution in [2.24, 2.45) is 5.92 Å². The topological polar surface area (TPSA) is 55.7 Å².